The average Bonchev–Trinajstić information content (AvgIpc) is 3.10. The maximum atomic E-state index is 2.59. The van der Waals surface area contributed by atoms with Gasteiger partial charge >= 0.3 is 0 Å². The molecule has 11 atom stereocenters. The molecule has 5 saturated carbocycles. The summed E-state index contributed by atoms with van der Waals surface area (Å²) in [5.41, 5.74) is 0. The third-order valence-corrected chi connectivity index (χ3v) is 9.27. The van der Waals surface area contributed by atoms with Gasteiger partial charge in [0.25, 0.3) is 0 Å². The fraction of sp³-hybridized carbons (Fsp3) is 1.00. The van der Waals surface area contributed by atoms with Crippen LogP contribution in [0.25, 0.3) is 0 Å². The standard InChI is InChI=1S/C21H34/c1-11-6-15-10-17-8-13(3)19-12(2)7-16(21(17)19)9-14-4-5-18(11)20(14)15/h11-21H,4-10H2,1-3H3. The quantitative estimate of drug-likeness (QED) is 0.542. The molecule has 11 unspecified atom stereocenters. The molecule has 0 radical (unpaired) electrons. The van der Waals surface area contributed by atoms with Gasteiger partial charge in [0.2, 0.25) is 0 Å². The van der Waals surface area contributed by atoms with Gasteiger partial charge in [-0.3, -0.25) is 0 Å². The molecular formula is C21H34. The van der Waals surface area contributed by atoms with Crippen LogP contribution in [0.15, 0.2) is 0 Å². The van der Waals surface area contributed by atoms with Gasteiger partial charge < -0.3 is 0 Å². The molecule has 5 rings (SSSR count). The van der Waals surface area contributed by atoms with Crippen LogP contribution in [-0.4, -0.2) is 0 Å². The summed E-state index contributed by atoms with van der Waals surface area (Å²) < 4.78 is 0. The number of hydrogen-bond acceptors (Lipinski definition) is 0. The van der Waals surface area contributed by atoms with E-state index in [1.54, 1.807) is 44.9 Å². The molecule has 0 heterocycles. The average molecular weight is 287 g/mol. The first-order valence-corrected chi connectivity index (χ1v) is 10.1. The van der Waals surface area contributed by atoms with E-state index in [2.05, 4.69) is 20.8 Å². The lowest BCUT2D eigenvalue weighted by Gasteiger charge is -2.37. The molecule has 5 fully saturated rings. The lowest BCUT2D eigenvalue weighted by molar-refractivity contribution is 0.116. The molecule has 0 amide bonds. The smallest absolute Gasteiger partial charge is 0.0323 e. The van der Waals surface area contributed by atoms with E-state index < -0.39 is 0 Å². The van der Waals surface area contributed by atoms with Crippen molar-refractivity contribution in [3.63, 3.8) is 0 Å². The van der Waals surface area contributed by atoms with Gasteiger partial charge in [-0.2, -0.15) is 0 Å². The van der Waals surface area contributed by atoms with Gasteiger partial charge in [-0.1, -0.05) is 20.8 Å². The molecule has 0 aromatic heterocycles. The molecule has 5 aliphatic carbocycles. The highest BCUT2D eigenvalue weighted by Crippen LogP contribution is 2.65. The Morgan fingerprint density at radius 2 is 1.05 bits per heavy atom. The maximum Gasteiger partial charge on any atom is -0.0323 e. The summed E-state index contributed by atoms with van der Waals surface area (Å²) in [6.07, 6.45) is 11.2. The van der Waals surface area contributed by atoms with Gasteiger partial charge in [-0.05, 0) is 110 Å². The normalized spacial score (nSPS) is 65.0. The second-order valence-electron chi connectivity index (χ2n) is 10.1. The van der Waals surface area contributed by atoms with E-state index in [1.807, 2.05) is 0 Å². The zero-order chi connectivity index (χ0) is 14.3. The Morgan fingerprint density at radius 3 is 1.76 bits per heavy atom. The Labute approximate surface area is 131 Å². The topological polar surface area (TPSA) is 0 Å². The maximum absolute atomic E-state index is 2.59. The van der Waals surface area contributed by atoms with Crippen LogP contribution in [0, 0.1) is 65.1 Å². The van der Waals surface area contributed by atoms with Crippen LogP contribution in [0.3, 0.4) is 0 Å². The molecule has 0 N–H and O–H groups in total. The minimum absolute atomic E-state index is 1.03. The van der Waals surface area contributed by atoms with Crippen molar-refractivity contribution in [1.82, 2.24) is 0 Å². The first kappa shape index (κ1) is 13.4. The summed E-state index contributed by atoms with van der Waals surface area (Å²) in [7, 11) is 0. The summed E-state index contributed by atoms with van der Waals surface area (Å²) in [6, 6.07) is 0. The van der Waals surface area contributed by atoms with Crippen LogP contribution in [0.1, 0.15) is 65.7 Å². The lowest BCUT2D eigenvalue weighted by Crippen LogP contribution is -2.30. The lowest BCUT2D eigenvalue weighted by atomic mass is 9.68. The molecule has 5 aliphatic rings. The van der Waals surface area contributed by atoms with Crippen molar-refractivity contribution in [3.05, 3.63) is 0 Å². The summed E-state index contributed by atoms with van der Waals surface area (Å²) in [4.78, 5) is 0. The van der Waals surface area contributed by atoms with Crippen molar-refractivity contribution >= 4 is 0 Å². The third kappa shape index (κ3) is 1.74. The van der Waals surface area contributed by atoms with Crippen molar-refractivity contribution in [2.24, 2.45) is 65.1 Å². The van der Waals surface area contributed by atoms with Crippen LogP contribution < -0.4 is 0 Å². The SMILES string of the molecule is CC1CC2CC3CC(C)C4C(C)CC(CC5CCC1C52)C34. The molecule has 0 heteroatoms. The summed E-state index contributed by atoms with van der Waals surface area (Å²) in [6.45, 7) is 7.77. The molecule has 118 valence electrons. The van der Waals surface area contributed by atoms with Crippen LogP contribution >= 0.6 is 0 Å². The highest BCUT2D eigenvalue weighted by atomic mass is 14.6. The van der Waals surface area contributed by atoms with E-state index >= 15 is 0 Å². The van der Waals surface area contributed by atoms with Crippen LogP contribution in [-0.2, 0) is 0 Å². The highest BCUT2D eigenvalue weighted by Gasteiger charge is 2.57. The molecule has 0 nitrogen and oxygen atoms in total. The van der Waals surface area contributed by atoms with Crippen LogP contribution in [0.4, 0.5) is 0 Å². The Morgan fingerprint density at radius 1 is 0.476 bits per heavy atom. The third-order valence-electron chi connectivity index (χ3n) is 9.27. The summed E-state index contributed by atoms with van der Waals surface area (Å²) >= 11 is 0. The molecule has 0 spiro atoms. The van der Waals surface area contributed by atoms with Crippen molar-refractivity contribution in [2.75, 3.05) is 0 Å². The monoisotopic (exact) mass is 286 g/mol. The van der Waals surface area contributed by atoms with Crippen molar-refractivity contribution in [1.29, 1.82) is 0 Å². The fourth-order valence-electron chi connectivity index (χ4n) is 9.08. The van der Waals surface area contributed by atoms with Gasteiger partial charge in [-0.15, -0.1) is 0 Å². The van der Waals surface area contributed by atoms with Gasteiger partial charge in [-0.25, -0.2) is 0 Å². The van der Waals surface area contributed by atoms with E-state index in [-0.39, 0.29) is 0 Å². The predicted molar refractivity (Wildman–Crippen MR) is 87.7 cm³/mol. The molecule has 0 aromatic rings. The highest BCUT2D eigenvalue weighted by molar-refractivity contribution is 5.06. The number of rotatable bonds is 0. The zero-order valence-electron chi connectivity index (χ0n) is 14.3. The molecule has 0 saturated heterocycles. The van der Waals surface area contributed by atoms with E-state index in [0.29, 0.717) is 0 Å². The predicted octanol–water partition coefficient (Wildman–Crippen LogP) is 5.62. The van der Waals surface area contributed by atoms with Gasteiger partial charge in [0, 0.05) is 0 Å². The van der Waals surface area contributed by atoms with E-state index in [9.17, 15) is 0 Å². The van der Waals surface area contributed by atoms with Gasteiger partial charge in [0.05, 0.1) is 0 Å². The second kappa shape index (κ2) is 4.51. The molecular weight excluding hydrogens is 252 g/mol. The molecule has 0 aliphatic heterocycles. The van der Waals surface area contributed by atoms with Crippen molar-refractivity contribution in [2.45, 2.75) is 65.7 Å². The second-order valence-corrected chi connectivity index (χ2v) is 10.1. The fourth-order valence-corrected chi connectivity index (χ4v) is 9.08. The first-order chi connectivity index (χ1) is 10.1. The van der Waals surface area contributed by atoms with Crippen molar-refractivity contribution < 1.29 is 0 Å². The Hall–Kier alpha value is 0. The molecule has 0 aromatic carbocycles. The Balaban J connectivity index is 1.50. The van der Waals surface area contributed by atoms with E-state index in [1.165, 1.54) is 0 Å². The summed E-state index contributed by atoms with van der Waals surface area (Å²) in [5, 5.41) is 0. The van der Waals surface area contributed by atoms with Gasteiger partial charge in [0.1, 0.15) is 0 Å². The first-order valence-electron chi connectivity index (χ1n) is 10.1. The Bertz CT molecular complexity index is 426. The minimum atomic E-state index is 1.03. The van der Waals surface area contributed by atoms with Gasteiger partial charge in [0.15, 0.2) is 0 Å². The molecule has 0 bridgehead atoms. The minimum Gasteiger partial charge on any atom is -0.0622 e. The Kier molecular flexibility index (Phi) is 2.89. The molecule has 21 heavy (non-hydrogen) atoms. The van der Waals surface area contributed by atoms with E-state index in [0.717, 1.165) is 65.1 Å². The van der Waals surface area contributed by atoms with E-state index in [4.69, 9.17) is 0 Å². The largest absolute Gasteiger partial charge is 0.0622 e. The number of hydrogen-bond donors (Lipinski definition) is 0. The van der Waals surface area contributed by atoms with Crippen LogP contribution in [0.2, 0.25) is 0 Å². The van der Waals surface area contributed by atoms with Crippen molar-refractivity contribution in [3.8, 4) is 0 Å². The summed E-state index contributed by atoms with van der Waals surface area (Å²) in [5.74, 6) is 12.2. The zero-order valence-corrected chi connectivity index (χ0v) is 14.3. The van der Waals surface area contributed by atoms with Crippen LogP contribution in [0.5, 0.6) is 0 Å².